The number of nitrogens with zero attached hydrogens (tertiary/aromatic N) is 5. The third-order valence-corrected chi connectivity index (χ3v) is 7.88. The molecule has 1 saturated carbocycles. The van der Waals surface area contributed by atoms with Crippen molar-refractivity contribution in [1.29, 1.82) is 0 Å². The number of carbonyl (C=O) groups is 2. The maximum Gasteiger partial charge on any atom is 0.329 e. The SMILES string of the molecule is O=C(N1CC2CCC(C1)N2C(=O)N(Cc1cscn1)C1CC1)N(c1ccccc1)c1ccccc1. The second-order valence-electron chi connectivity index (χ2n) is 9.61. The molecule has 2 saturated heterocycles. The average Bonchev–Trinajstić information content (AvgIpc) is 3.54. The van der Waals surface area contributed by atoms with Crippen molar-refractivity contribution in [2.75, 3.05) is 18.0 Å². The minimum absolute atomic E-state index is 0.0343. The van der Waals surface area contributed by atoms with Crippen molar-refractivity contribution in [3.05, 3.63) is 77.2 Å². The van der Waals surface area contributed by atoms with Gasteiger partial charge in [-0.25, -0.2) is 14.6 Å². The van der Waals surface area contributed by atoms with Gasteiger partial charge in [-0.15, -0.1) is 11.3 Å². The molecule has 4 amide bonds. The number of hydrogen-bond donors (Lipinski definition) is 0. The predicted molar refractivity (Wildman–Crippen MR) is 137 cm³/mol. The summed E-state index contributed by atoms with van der Waals surface area (Å²) in [5.74, 6) is 0. The molecular formula is C27H29N5O2S. The zero-order valence-corrected chi connectivity index (χ0v) is 20.4. The zero-order chi connectivity index (χ0) is 23.8. The lowest BCUT2D eigenvalue weighted by Crippen LogP contribution is -2.61. The van der Waals surface area contributed by atoms with E-state index in [0.29, 0.717) is 25.7 Å². The summed E-state index contributed by atoms with van der Waals surface area (Å²) in [6.07, 6.45) is 4.00. The molecule has 0 spiro atoms. The monoisotopic (exact) mass is 487 g/mol. The van der Waals surface area contributed by atoms with Crippen molar-refractivity contribution in [1.82, 2.24) is 19.7 Å². The number of benzene rings is 2. The largest absolute Gasteiger partial charge is 0.329 e. The standard InChI is InChI=1S/C27H29N5O2S/c33-26(31(22-7-3-1-4-8-22)23-9-5-2-6-10-23)29-16-24-13-14-25(17-29)32(24)27(34)30(21-11-12-21)15-20-18-35-19-28-20/h1-10,18-19,21,24-25H,11-17H2. The molecule has 0 N–H and O–H groups in total. The molecule has 2 aliphatic heterocycles. The molecule has 1 aromatic heterocycles. The summed E-state index contributed by atoms with van der Waals surface area (Å²) in [4.78, 5) is 39.8. The topological polar surface area (TPSA) is 60.0 Å². The normalized spacial score (nSPS) is 21.1. The Morgan fingerprint density at radius 2 is 1.46 bits per heavy atom. The summed E-state index contributed by atoms with van der Waals surface area (Å²) >= 11 is 1.57. The number of amides is 4. The van der Waals surface area contributed by atoms with E-state index in [9.17, 15) is 9.59 Å². The van der Waals surface area contributed by atoms with Crippen LogP contribution in [0.2, 0.25) is 0 Å². The summed E-state index contributed by atoms with van der Waals surface area (Å²) in [6.45, 7) is 1.69. The van der Waals surface area contributed by atoms with Crippen LogP contribution >= 0.6 is 11.3 Å². The number of hydrogen-bond acceptors (Lipinski definition) is 4. The molecule has 35 heavy (non-hydrogen) atoms. The molecule has 2 bridgehead atoms. The van der Waals surface area contributed by atoms with Gasteiger partial charge in [-0.05, 0) is 49.9 Å². The summed E-state index contributed by atoms with van der Waals surface area (Å²) < 4.78 is 0. The fraction of sp³-hybridized carbons (Fsp3) is 0.370. The molecule has 3 aliphatic rings. The Kier molecular flexibility index (Phi) is 5.90. The summed E-state index contributed by atoms with van der Waals surface area (Å²) in [6, 6.07) is 20.1. The highest BCUT2D eigenvalue weighted by Crippen LogP contribution is 2.37. The van der Waals surface area contributed by atoms with Crippen LogP contribution in [0.4, 0.5) is 21.0 Å². The molecule has 2 aromatic carbocycles. The van der Waals surface area contributed by atoms with E-state index in [1.54, 1.807) is 16.2 Å². The molecule has 3 fully saturated rings. The quantitative estimate of drug-likeness (QED) is 0.488. The van der Waals surface area contributed by atoms with Crippen LogP contribution in [0.3, 0.4) is 0 Å². The lowest BCUT2D eigenvalue weighted by atomic mass is 10.2. The second-order valence-corrected chi connectivity index (χ2v) is 10.3. The average molecular weight is 488 g/mol. The first-order valence-electron chi connectivity index (χ1n) is 12.3. The first-order valence-corrected chi connectivity index (χ1v) is 13.3. The Morgan fingerprint density at radius 3 is 1.97 bits per heavy atom. The van der Waals surface area contributed by atoms with E-state index >= 15 is 0 Å². The molecule has 3 aromatic rings. The number of aromatic nitrogens is 1. The summed E-state index contributed by atoms with van der Waals surface area (Å²) in [7, 11) is 0. The van der Waals surface area contributed by atoms with Crippen molar-refractivity contribution < 1.29 is 9.59 Å². The van der Waals surface area contributed by atoms with E-state index in [4.69, 9.17) is 0 Å². The smallest absolute Gasteiger partial charge is 0.320 e. The van der Waals surface area contributed by atoms with Crippen molar-refractivity contribution in [3.63, 3.8) is 0 Å². The van der Waals surface area contributed by atoms with Gasteiger partial charge in [0.05, 0.1) is 41.2 Å². The van der Waals surface area contributed by atoms with E-state index < -0.39 is 0 Å². The number of likely N-dealkylation sites (tertiary alicyclic amines) is 1. The first kappa shape index (κ1) is 22.1. The van der Waals surface area contributed by atoms with Gasteiger partial charge in [-0.3, -0.25) is 4.90 Å². The Hall–Kier alpha value is -3.39. The van der Waals surface area contributed by atoms with Gasteiger partial charge in [0.25, 0.3) is 0 Å². The summed E-state index contributed by atoms with van der Waals surface area (Å²) in [5.41, 5.74) is 4.47. The number of fused-ring (bicyclic) bond motifs is 2. The van der Waals surface area contributed by atoms with Crippen LogP contribution in [0.1, 0.15) is 31.4 Å². The van der Waals surface area contributed by atoms with Crippen molar-refractivity contribution in [2.45, 2.75) is 50.4 Å². The minimum atomic E-state index is -0.0343. The molecule has 2 atom stereocenters. The number of thiazole rings is 1. The highest BCUT2D eigenvalue weighted by Gasteiger charge is 2.47. The lowest BCUT2D eigenvalue weighted by molar-refractivity contribution is 0.0787. The van der Waals surface area contributed by atoms with E-state index in [2.05, 4.69) is 9.88 Å². The second kappa shape index (κ2) is 9.34. The van der Waals surface area contributed by atoms with Gasteiger partial charge < -0.3 is 14.7 Å². The molecule has 6 rings (SSSR count). The Bertz CT molecular complexity index is 1120. The number of carbonyl (C=O) groups excluding carboxylic acids is 2. The number of rotatable bonds is 5. The van der Waals surface area contributed by atoms with Gasteiger partial charge in [-0.1, -0.05) is 36.4 Å². The van der Waals surface area contributed by atoms with Crippen LogP contribution in [-0.4, -0.2) is 63.0 Å². The molecule has 0 radical (unpaired) electrons. The van der Waals surface area contributed by atoms with Crippen LogP contribution in [0.25, 0.3) is 0 Å². The summed E-state index contributed by atoms with van der Waals surface area (Å²) in [5, 5.41) is 2.02. The molecular weight excluding hydrogens is 458 g/mol. The third-order valence-electron chi connectivity index (χ3n) is 7.24. The van der Waals surface area contributed by atoms with Gasteiger partial charge in [-0.2, -0.15) is 0 Å². The van der Waals surface area contributed by atoms with E-state index in [-0.39, 0.29) is 24.1 Å². The minimum Gasteiger partial charge on any atom is -0.320 e. The van der Waals surface area contributed by atoms with Crippen LogP contribution in [0, 0.1) is 0 Å². The predicted octanol–water partition coefficient (Wildman–Crippen LogP) is 5.33. The molecule has 180 valence electrons. The van der Waals surface area contributed by atoms with Gasteiger partial charge >= 0.3 is 12.1 Å². The van der Waals surface area contributed by atoms with Crippen LogP contribution in [0.15, 0.2) is 71.6 Å². The molecule has 8 heteroatoms. The van der Waals surface area contributed by atoms with Gasteiger partial charge in [0.1, 0.15) is 0 Å². The van der Waals surface area contributed by atoms with Crippen molar-refractivity contribution in [2.24, 2.45) is 0 Å². The van der Waals surface area contributed by atoms with Crippen LogP contribution < -0.4 is 4.90 Å². The first-order chi connectivity index (χ1) is 17.2. The van der Waals surface area contributed by atoms with Crippen LogP contribution in [0.5, 0.6) is 0 Å². The highest BCUT2D eigenvalue weighted by atomic mass is 32.1. The zero-order valence-electron chi connectivity index (χ0n) is 19.6. The van der Waals surface area contributed by atoms with Gasteiger partial charge in [0.15, 0.2) is 0 Å². The van der Waals surface area contributed by atoms with Crippen molar-refractivity contribution >= 4 is 34.8 Å². The number of piperazine rings is 1. The van der Waals surface area contributed by atoms with Gasteiger partial charge in [0, 0.05) is 24.5 Å². The maximum atomic E-state index is 13.9. The lowest BCUT2D eigenvalue weighted by Gasteiger charge is -2.44. The van der Waals surface area contributed by atoms with E-state index in [1.165, 1.54) is 0 Å². The number of para-hydroxylation sites is 2. The fourth-order valence-corrected chi connectivity index (χ4v) is 5.96. The highest BCUT2D eigenvalue weighted by molar-refractivity contribution is 7.07. The molecule has 7 nitrogen and oxygen atoms in total. The van der Waals surface area contributed by atoms with E-state index in [1.807, 2.05) is 81.4 Å². The Balaban J connectivity index is 1.21. The third kappa shape index (κ3) is 4.38. The van der Waals surface area contributed by atoms with E-state index in [0.717, 1.165) is 42.8 Å². The van der Waals surface area contributed by atoms with Crippen LogP contribution in [-0.2, 0) is 6.54 Å². The maximum absolute atomic E-state index is 13.9. The molecule has 1 aliphatic carbocycles. The Labute approximate surface area is 209 Å². The molecule has 2 unspecified atom stereocenters. The Morgan fingerprint density at radius 1 is 0.857 bits per heavy atom. The number of anilines is 2. The molecule has 3 heterocycles. The fourth-order valence-electron chi connectivity index (χ4n) is 5.41. The number of urea groups is 2. The van der Waals surface area contributed by atoms with Gasteiger partial charge in [0.2, 0.25) is 0 Å². The van der Waals surface area contributed by atoms with Crippen molar-refractivity contribution in [3.8, 4) is 0 Å².